The zero-order valence-corrected chi connectivity index (χ0v) is 12.4. The number of benzene rings is 1. The molecule has 20 heavy (non-hydrogen) atoms. The van der Waals surface area contributed by atoms with Gasteiger partial charge >= 0.3 is 0 Å². The Kier molecular flexibility index (Phi) is 4.93. The fourth-order valence-electron chi connectivity index (χ4n) is 1.86. The Hall–Kier alpha value is -2.10. The van der Waals surface area contributed by atoms with Crippen molar-refractivity contribution < 1.29 is 0 Å². The molecule has 0 unspecified atom stereocenters. The molecule has 0 amide bonds. The lowest BCUT2D eigenvalue weighted by atomic mass is 10.1. The van der Waals surface area contributed by atoms with E-state index < -0.39 is 0 Å². The van der Waals surface area contributed by atoms with Gasteiger partial charge in [0.2, 0.25) is 5.95 Å². The summed E-state index contributed by atoms with van der Waals surface area (Å²) < 4.78 is 0. The normalized spacial score (nSPS) is 10.6. The predicted octanol–water partition coefficient (Wildman–Crippen LogP) is 3.99. The van der Waals surface area contributed by atoms with Gasteiger partial charge < -0.3 is 10.6 Å². The van der Waals surface area contributed by atoms with Gasteiger partial charge in [-0.25, -0.2) is 4.98 Å². The third-order valence-electron chi connectivity index (χ3n) is 2.96. The highest BCUT2D eigenvalue weighted by molar-refractivity contribution is 5.55. The van der Waals surface area contributed by atoms with Crippen molar-refractivity contribution in [2.75, 3.05) is 17.2 Å². The second-order valence-electron chi connectivity index (χ2n) is 5.37. The summed E-state index contributed by atoms with van der Waals surface area (Å²) in [5.41, 5.74) is 2.21. The molecule has 2 N–H and O–H groups in total. The zero-order chi connectivity index (χ0) is 14.4. The van der Waals surface area contributed by atoms with Gasteiger partial charge in [0.05, 0.1) is 0 Å². The molecule has 4 nitrogen and oxygen atoms in total. The number of rotatable bonds is 6. The van der Waals surface area contributed by atoms with Gasteiger partial charge in [-0.15, -0.1) is 0 Å². The molecule has 0 fully saturated rings. The highest BCUT2D eigenvalue weighted by Crippen LogP contribution is 2.15. The molecule has 1 aromatic heterocycles. The number of nitrogens with zero attached hydrogens (tertiary/aromatic N) is 2. The van der Waals surface area contributed by atoms with Gasteiger partial charge in [0, 0.05) is 18.4 Å². The van der Waals surface area contributed by atoms with Gasteiger partial charge in [-0.05, 0) is 43.0 Å². The van der Waals surface area contributed by atoms with Crippen LogP contribution in [0.25, 0.3) is 0 Å². The molecule has 0 radical (unpaired) electrons. The average Bonchev–Trinajstić information content (AvgIpc) is 2.39. The zero-order valence-electron chi connectivity index (χ0n) is 12.4. The fraction of sp³-hybridized carbons (Fsp3) is 0.375. The van der Waals surface area contributed by atoms with Crippen LogP contribution in [-0.2, 0) is 0 Å². The molecule has 106 valence electrons. The SMILES string of the molecule is Cc1cccc(Nc2nccc(NCCC(C)C)n2)c1. The van der Waals surface area contributed by atoms with E-state index in [0.29, 0.717) is 11.9 Å². The van der Waals surface area contributed by atoms with Gasteiger partial charge in [-0.1, -0.05) is 26.0 Å². The number of aromatic nitrogens is 2. The average molecular weight is 270 g/mol. The smallest absolute Gasteiger partial charge is 0.229 e. The van der Waals surface area contributed by atoms with Crippen LogP contribution >= 0.6 is 0 Å². The molecule has 4 heteroatoms. The number of hydrogen-bond donors (Lipinski definition) is 2. The summed E-state index contributed by atoms with van der Waals surface area (Å²) in [6.07, 6.45) is 2.90. The van der Waals surface area contributed by atoms with E-state index in [1.54, 1.807) is 6.20 Å². The minimum atomic E-state index is 0.616. The maximum atomic E-state index is 4.46. The van der Waals surface area contributed by atoms with Crippen LogP contribution < -0.4 is 10.6 Å². The fourth-order valence-corrected chi connectivity index (χ4v) is 1.86. The number of anilines is 3. The molecule has 0 saturated heterocycles. The van der Waals surface area contributed by atoms with Crippen molar-refractivity contribution in [3.05, 3.63) is 42.1 Å². The molecule has 2 rings (SSSR count). The van der Waals surface area contributed by atoms with Crippen LogP contribution in [0.5, 0.6) is 0 Å². The molecule has 1 aromatic carbocycles. The van der Waals surface area contributed by atoms with Crippen LogP contribution in [0, 0.1) is 12.8 Å². The second-order valence-corrected chi connectivity index (χ2v) is 5.37. The number of aryl methyl sites for hydroxylation is 1. The minimum absolute atomic E-state index is 0.616. The Morgan fingerprint density at radius 2 is 2.05 bits per heavy atom. The first-order valence-corrected chi connectivity index (χ1v) is 7.04. The molecule has 0 spiro atoms. The summed E-state index contributed by atoms with van der Waals surface area (Å²) in [5.74, 6) is 2.16. The topological polar surface area (TPSA) is 49.8 Å². The van der Waals surface area contributed by atoms with Crippen LogP contribution in [0.4, 0.5) is 17.5 Å². The summed E-state index contributed by atoms with van der Waals surface area (Å²) in [7, 11) is 0. The lowest BCUT2D eigenvalue weighted by Crippen LogP contribution is -2.07. The van der Waals surface area contributed by atoms with Gasteiger partial charge in [-0.3, -0.25) is 0 Å². The van der Waals surface area contributed by atoms with Crippen molar-refractivity contribution in [3.8, 4) is 0 Å². The van der Waals surface area contributed by atoms with E-state index in [9.17, 15) is 0 Å². The molecule has 0 aliphatic heterocycles. The monoisotopic (exact) mass is 270 g/mol. The van der Waals surface area contributed by atoms with E-state index in [1.807, 2.05) is 18.2 Å². The summed E-state index contributed by atoms with van der Waals surface area (Å²) in [4.78, 5) is 8.71. The summed E-state index contributed by atoms with van der Waals surface area (Å²) in [5, 5.41) is 6.54. The number of hydrogen-bond acceptors (Lipinski definition) is 4. The Morgan fingerprint density at radius 3 is 2.80 bits per heavy atom. The molecular weight excluding hydrogens is 248 g/mol. The van der Waals surface area contributed by atoms with E-state index in [0.717, 1.165) is 24.5 Å². The van der Waals surface area contributed by atoms with Crippen molar-refractivity contribution in [1.29, 1.82) is 0 Å². The van der Waals surface area contributed by atoms with Crippen LogP contribution in [0.3, 0.4) is 0 Å². The molecule has 1 heterocycles. The third-order valence-corrected chi connectivity index (χ3v) is 2.96. The largest absolute Gasteiger partial charge is 0.370 e. The second kappa shape index (κ2) is 6.89. The highest BCUT2D eigenvalue weighted by atomic mass is 15.1. The lowest BCUT2D eigenvalue weighted by Gasteiger charge is -2.09. The van der Waals surface area contributed by atoms with Crippen molar-refractivity contribution in [2.45, 2.75) is 27.2 Å². The van der Waals surface area contributed by atoms with Gasteiger partial charge in [0.1, 0.15) is 5.82 Å². The maximum absolute atomic E-state index is 4.46. The Bertz CT molecular complexity index is 552. The lowest BCUT2D eigenvalue weighted by molar-refractivity contribution is 0.606. The first kappa shape index (κ1) is 14.3. The van der Waals surface area contributed by atoms with Gasteiger partial charge in [0.15, 0.2) is 0 Å². The van der Waals surface area contributed by atoms with E-state index in [4.69, 9.17) is 0 Å². The molecule has 0 aliphatic rings. The van der Waals surface area contributed by atoms with E-state index >= 15 is 0 Å². The van der Waals surface area contributed by atoms with E-state index in [-0.39, 0.29) is 0 Å². The van der Waals surface area contributed by atoms with Gasteiger partial charge in [0.25, 0.3) is 0 Å². The molecule has 0 bridgehead atoms. The summed E-state index contributed by atoms with van der Waals surface area (Å²) in [6.45, 7) is 7.42. The van der Waals surface area contributed by atoms with Crippen LogP contribution in [0.15, 0.2) is 36.5 Å². The maximum Gasteiger partial charge on any atom is 0.229 e. The molecule has 0 atom stereocenters. The van der Waals surface area contributed by atoms with Crippen LogP contribution in [0.2, 0.25) is 0 Å². The van der Waals surface area contributed by atoms with Crippen LogP contribution in [0.1, 0.15) is 25.8 Å². The highest BCUT2D eigenvalue weighted by Gasteiger charge is 2.01. The molecule has 0 aliphatic carbocycles. The predicted molar refractivity (Wildman–Crippen MR) is 84.4 cm³/mol. The van der Waals surface area contributed by atoms with Crippen LogP contribution in [-0.4, -0.2) is 16.5 Å². The summed E-state index contributed by atoms with van der Waals surface area (Å²) in [6, 6.07) is 10.1. The Labute approximate surface area is 120 Å². The number of nitrogens with one attached hydrogen (secondary N) is 2. The Balaban J connectivity index is 1.99. The Morgan fingerprint density at radius 1 is 1.20 bits per heavy atom. The first-order valence-electron chi connectivity index (χ1n) is 7.04. The summed E-state index contributed by atoms with van der Waals surface area (Å²) >= 11 is 0. The quantitative estimate of drug-likeness (QED) is 0.833. The molecule has 0 saturated carbocycles. The third kappa shape index (κ3) is 4.53. The van der Waals surface area contributed by atoms with Crippen molar-refractivity contribution in [3.63, 3.8) is 0 Å². The minimum Gasteiger partial charge on any atom is -0.370 e. The standard InChI is InChI=1S/C16H22N4/c1-12(2)7-9-17-15-8-10-18-16(20-15)19-14-6-4-5-13(3)11-14/h4-6,8,10-12H,7,9H2,1-3H3,(H2,17,18,19,20). The van der Waals surface area contributed by atoms with Crippen molar-refractivity contribution in [2.24, 2.45) is 5.92 Å². The van der Waals surface area contributed by atoms with Gasteiger partial charge in [-0.2, -0.15) is 4.98 Å². The van der Waals surface area contributed by atoms with E-state index in [2.05, 4.69) is 53.5 Å². The van der Waals surface area contributed by atoms with Crippen molar-refractivity contribution in [1.82, 2.24) is 9.97 Å². The molecule has 2 aromatic rings. The first-order chi connectivity index (χ1) is 9.63. The van der Waals surface area contributed by atoms with Crippen molar-refractivity contribution >= 4 is 17.5 Å². The molecular formula is C16H22N4. The van der Waals surface area contributed by atoms with E-state index in [1.165, 1.54) is 5.56 Å².